The first kappa shape index (κ1) is 11.4. The third kappa shape index (κ3) is 2.20. The van der Waals surface area contributed by atoms with Crippen LogP contribution in [0, 0.1) is 0 Å². The topological polar surface area (TPSA) is 15.8 Å². The van der Waals surface area contributed by atoms with Gasteiger partial charge in [-0.2, -0.15) is 0 Å². The molecule has 0 aliphatic heterocycles. The summed E-state index contributed by atoms with van der Waals surface area (Å²) >= 11 is 0. The maximum atomic E-state index is 3.56. The number of hydrogen-bond acceptors (Lipinski definition) is 0. The van der Waals surface area contributed by atoms with Crippen molar-refractivity contribution >= 4 is 0 Å². The molecular weight excluding hydrogens is 170 g/mol. The van der Waals surface area contributed by atoms with E-state index in [4.69, 9.17) is 0 Å². The van der Waals surface area contributed by atoms with Crippen LogP contribution < -0.4 is 0 Å². The van der Waals surface area contributed by atoms with Crippen molar-refractivity contribution in [3.8, 4) is 0 Å². The summed E-state index contributed by atoms with van der Waals surface area (Å²) in [7, 11) is 0. The van der Waals surface area contributed by atoms with Gasteiger partial charge in [-0.25, -0.2) is 0 Å². The van der Waals surface area contributed by atoms with Gasteiger partial charge in [-0.05, 0) is 30.9 Å². The largest absolute Gasteiger partial charge is 0.362 e. The molecule has 1 unspecified atom stereocenters. The standard InChI is InChI=1S/C13H23N/c1-6-10(3)11-8-9-12(14-11)13(4,5)7-2/h8-10,14H,6-7H2,1-5H3. The van der Waals surface area contributed by atoms with E-state index >= 15 is 0 Å². The third-order valence-corrected chi connectivity index (χ3v) is 3.46. The molecule has 0 spiro atoms. The minimum Gasteiger partial charge on any atom is -0.362 e. The Morgan fingerprint density at radius 1 is 1.29 bits per heavy atom. The Labute approximate surface area is 87.9 Å². The summed E-state index contributed by atoms with van der Waals surface area (Å²) in [6, 6.07) is 4.48. The van der Waals surface area contributed by atoms with E-state index in [2.05, 4.69) is 51.7 Å². The summed E-state index contributed by atoms with van der Waals surface area (Å²) in [6.07, 6.45) is 2.37. The Morgan fingerprint density at radius 3 is 2.43 bits per heavy atom. The van der Waals surface area contributed by atoms with Gasteiger partial charge in [-0.1, -0.05) is 34.6 Å². The van der Waals surface area contributed by atoms with Gasteiger partial charge in [0.1, 0.15) is 0 Å². The van der Waals surface area contributed by atoms with Crippen molar-refractivity contribution in [3.63, 3.8) is 0 Å². The zero-order valence-corrected chi connectivity index (χ0v) is 10.1. The fourth-order valence-corrected chi connectivity index (χ4v) is 1.50. The molecule has 1 heteroatoms. The lowest BCUT2D eigenvalue weighted by atomic mass is 9.87. The van der Waals surface area contributed by atoms with E-state index in [0.29, 0.717) is 5.92 Å². The molecule has 0 aliphatic rings. The van der Waals surface area contributed by atoms with E-state index in [9.17, 15) is 0 Å². The highest BCUT2D eigenvalue weighted by Gasteiger charge is 2.20. The molecule has 14 heavy (non-hydrogen) atoms. The molecule has 0 saturated heterocycles. The van der Waals surface area contributed by atoms with Crippen molar-refractivity contribution < 1.29 is 0 Å². The molecule has 80 valence electrons. The quantitative estimate of drug-likeness (QED) is 0.737. The molecule has 1 heterocycles. The lowest BCUT2D eigenvalue weighted by Crippen LogP contribution is -2.16. The van der Waals surface area contributed by atoms with Crippen molar-refractivity contribution in [2.45, 2.75) is 58.8 Å². The van der Waals surface area contributed by atoms with Crippen LogP contribution in [0.1, 0.15) is 64.8 Å². The number of aromatic nitrogens is 1. The van der Waals surface area contributed by atoms with Gasteiger partial charge in [0.05, 0.1) is 0 Å². The van der Waals surface area contributed by atoms with Crippen LogP contribution in [0.5, 0.6) is 0 Å². The van der Waals surface area contributed by atoms with Gasteiger partial charge in [-0.15, -0.1) is 0 Å². The van der Waals surface area contributed by atoms with Crippen LogP contribution in [0.4, 0.5) is 0 Å². The van der Waals surface area contributed by atoms with Crippen molar-refractivity contribution in [2.75, 3.05) is 0 Å². The van der Waals surface area contributed by atoms with Crippen molar-refractivity contribution in [3.05, 3.63) is 23.5 Å². The van der Waals surface area contributed by atoms with E-state index in [1.807, 2.05) is 0 Å². The molecule has 0 amide bonds. The van der Waals surface area contributed by atoms with Gasteiger partial charge in [0.2, 0.25) is 0 Å². The smallest absolute Gasteiger partial charge is 0.0206 e. The summed E-state index contributed by atoms with van der Waals surface area (Å²) in [6.45, 7) is 11.3. The highest BCUT2D eigenvalue weighted by Crippen LogP contribution is 2.28. The van der Waals surface area contributed by atoms with E-state index in [1.165, 1.54) is 24.2 Å². The van der Waals surface area contributed by atoms with Gasteiger partial charge in [0.25, 0.3) is 0 Å². The van der Waals surface area contributed by atoms with Gasteiger partial charge in [-0.3, -0.25) is 0 Å². The highest BCUT2D eigenvalue weighted by atomic mass is 14.7. The van der Waals surface area contributed by atoms with Gasteiger partial charge >= 0.3 is 0 Å². The number of hydrogen-bond donors (Lipinski definition) is 1. The van der Waals surface area contributed by atoms with Crippen molar-refractivity contribution in [1.29, 1.82) is 0 Å². The van der Waals surface area contributed by atoms with E-state index < -0.39 is 0 Å². The normalized spacial score (nSPS) is 14.4. The zero-order valence-electron chi connectivity index (χ0n) is 10.1. The maximum Gasteiger partial charge on any atom is 0.0206 e. The zero-order chi connectivity index (χ0) is 10.8. The van der Waals surface area contributed by atoms with E-state index in [-0.39, 0.29) is 5.41 Å². The molecule has 1 rings (SSSR count). The van der Waals surface area contributed by atoms with Gasteiger partial charge in [0.15, 0.2) is 0 Å². The SMILES string of the molecule is CCC(C)c1ccc(C(C)(C)CC)[nH]1. The van der Waals surface area contributed by atoms with Crippen molar-refractivity contribution in [1.82, 2.24) is 4.98 Å². The molecule has 1 atom stereocenters. The van der Waals surface area contributed by atoms with Crippen LogP contribution in [0.3, 0.4) is 0 Å². The number of rotatable bonds is 4. The first-order chi connectivity index (χ1) is 6.51. The van der Waals surface area contributed by atoms with Gasteiger partial charge < -0.3 is 4.98 Å². The van der Waals surface area contributed by atoms with Crippen LogP contribution in [0.2, 0.25) is 0 Å². The molecule has 1 N–H and O–H groups in total. The number of aromatic amines is 1. The monoisotopic (exact) mass is 193 g/mol. The van der Waals surface area contributed by atoms with E-state index in [0.717, 1.165) is 0 Å². The van der Waals surface area contributed by atoms with Gasteiger partial charge in [0, 0.05) is 16.8 Å². The molecule has 0 aliphatic carbocycles. The number of H-pyrrole nitrogens is 1. The average Bonchev–Trinajstić information content (AvgIpc) is 2.66. The third-order valence-electron chi connectivity index (χ3n) is 3.46. The summed E-state index contributed by atoms with van der Waals surface area (Å²) in [4.78, 5) is 3.56. The highest BCUT2D eigenvalue weighted by molar-refractivity contribution is 5.22. The summed E-state index contributed by atoms with van der Waals surface area (Å²) in [5.41, 5.74) is 3.03. The van der Waals surface area contributed by atoms with Crippen molar-refractivity contribution in [2.24, 2.45) is 0 Å². The molecule has 1 nitrogen and oxygen atoms in total. The predicted molar refractivity (Wildman–Crippen MR) is 62.8 cm³/mol. The first-order valence-electron chi connectivity index (χ1n) is 5.70. The van der Waals surface area contributed by atoms with Crippen LogP contribution >= 0.6 is 0 Å². The second kappa shape index (κ2) is 4.20. The lowest BCUT2D eigenvalue weighted by molar-refractivity contribution is 0.490. The Hall–Kier alpha value is -0.720. The minimum atomic E-state index is 0.283. The van der Waals surface area contributed by atoms with Crippen LogP contribution in [0.15, 0.2) is 12.1 Å². The fraction of sp³-hybridized carbons (Fsp3) is 0.692. The van der Waals surface area contributed by atoms with Crippen LogP contribution in [0.25, 0.3) is 0 Å². The Balaban J connectivity index is 2.88. The molecule has 0 fully saturated rings. The lowest BCUT2D eigenvalue weighted by Gasteiger charge is -2.21. The number of nitrogens with one attached hydrogen (secondary N) is 1. The first-order valence-corrected chi connectivity index (χ1v) is 5.70. The molecular formula is C13H23N. The minimum absolute atomic E-state index is 0.283. The maximum absolute atomic E-state index is 3.56. The molecule has 0 bridgehead atoms. The second-order valence-corrected chi connectivity index (χ2v) is 4.87. The second-order valence-electron chi connectivity index (χ2n) is 4.87. The Bertz CT molecular complexity index is 283. The van der Waals surface area contributed by atoms with E-state index in [1.54, 1.807) is 0 Å². The predicted octanol–water partition coefficient (Wildman–Crippen LogP) is 4.22. The van der Waals surface area contributed by atoms with Crippen LogP contribution in [-0.2, 0) is 5.41 Å². The average molecular weight is 193 g/mol. The van der Waals surface area contributed by atoms with Crippen LogP contribution in [-0.4, -0.2) is 4.98 Å². The Morgan fingerprint density at radius 2 is 1.93 bits per heavy atom. The fourth-order valence-electron chi connectivity index (χ4n) is 1.50. The molecule has 0 radical (unpaired) electrons. The summed E-state index contributed by atoms with van der Waals surface area (Å²) in [5.74, 6) is 0.649. The molecule has 0 saturated carbocycles. The molecule has 1 aromatic rings. The summed E-state index contributed by atoms with van der Waals surface area (Å²) < 4.78 is 0. The molecule has 0 aromatic carbocycles. The summed E-state index contributed by atoms with van der Waals surface area (Å²) in [5, 5.41) is 0. The molecule has 1 aromatic heterocycles. The Kier molecular flexibility index (Phi) is 3.41.